The van der Waals surface area contributed by atoms with E-state index in [-0.39, 0.29) is 85.4 Å². The number of anilines is 2. The number of hydrogen-bond acceptors (Lipinski definition) is 9. The summed E-state index contributed by atoms with van der Waals surface area (Å²) in [6.45, 7) is 14.3. The SMILES string of the molecule is CC(=O)Nc1[n-]c(/C=C2\N=C(NC(=O)CCCN(C(C)=O)c3cc(C(=O)[O-])cc(C(=O)O)c3)C(C(=O)OC3C(C)CC(C)CC3C)=C2C)c(C)c1C.[Zn]. The summed E-state index contributed by atoms with van der Waals surface area (Å²) < 4.78 is 6.11. The van der Waals surface area contributed by atoms with Gasteiger partial charge in [-0.05, 0) is 111 Å². The molecule has 2 aliphatic rings. The number of aliphatic imine (C=N–C) groups is 1. The molecule has 2 atom stereocenters. The quantitative estimate of drug-likeness (QED) is 0.221. The Labute approximate surface area is 321 Å². The van der Waals surface area contributed by atoms with Gasteiger partial charge in [-0.1, -0.05) is 26.6 Å². The molecule has 0 bridgehead atoms. The molecule has 53 heavy (non-hydrogen) atoms. The number of nitrogens with one attached hydrogen (secondary N) is 2. The van der Waals surface area contributed by atoms with E-state index in [2.05, 4.69) is 41.4 Å². The first-order chi connectivity index (χ1) is 24.4. The third-order valence-electron chi connectivity index (χ3n) is 9.58. The second-order valence-electron chi connectivity index (χ2n) is 13.9. The van der Waals surface area contributed by atoms with E-state index in [4.69, 9.17) is 4.74 Å². The van der Waals surface area contributed by atoms with Crippen LogP contribution in [0.5, 0.6) is 0 Å². The standard InChI is InChI=1S/C38H47N5O9.Zn/c1-18-12-19(2)33(20(3)13-18)52-38(51)32-23(6)30(17-29-21(4)22(5)34(40-29)39-24(7)44)41-35(32)42-31(46)10-9-11-43(25(8)45)28-15-26(36(47)48)14-27(16-28)37(49)50;/h14-20,33H,9-13H2,1-8H3,(H5,39,40,41,42,44,46,47,48,49,50,51);/p-2. The largest absolute Gasteiger partial charge is 0.545 e. The van der Waals surface area contributed by atoms with Gasteiger partial charge in [0, 0.05) is 50.6 Å². The molecule has 3 amide bonds. The van der Waals surface area contributed by atoms with E-state index in [0.717, 1.165) is 36.1 Å². The maximum absolute atomic E-state index is 13.9. The minimum absolute atomic E-state index is 0. The number of carbonyl (C=O) groups excluding carboxylic acids is 5. The molecule has 0 radical (unpaired) electrons. The first kappa shape index (κ1) is 42.5. The molecule has 1 aliphatic heterocycles. The van der Waals surface area contributed by atoms with Crippen molar-refractivity contribution in [3.63, 3.8) is 0 Å². The predicted molar refractivity (Wildman–Crippen MR) is 191 cm³/mol. The van der Waals surface area contributed by atoms with Crippen LogP contribution in [0.4, 0.5) is 11.5 Å². The van der Waals surface area contributed by atoms with Crippen LogP contribution in [-0.4, -0.2) is 59.2 Å². The Kier molecular flexibility index (Phi) is 14.2. The molecule has 1 aliphatic carbocycles. The number of benzene rings is 1. The number of carbonyl (C=O) groups is 6. The van der Waals surface area contributed by atoms with Crippen LogP contribution in [0.15, 0.2) is 40.0 Å². The summed E-state index contributed by atoms with van der Waals surface area (Å²) in [6.07, 6.45) is 3.14. The van der Waals surface area contributed by atoms with E-state index in [1.165, 1.54) is 24.8 Å². The maximum Gasteiger partial charge on any atom is 0.342 e. The molecule has 1 fully saturated rings. The first-order valence-electron chi connectivity index (χ1n) is 17.2. The summed E-state index contributed by atoms with van der Waals surface area (Å²) in [5.41, 5.74) is 2.33. The van der Waals surface area contributed by atoms with Crippen LogP contribution in [0, 0.1) is 31.6 Å². The average Bonchev–Trinajstić information content (AvgIpc) is 3.49. The molecular formula is C38H45N5O9Zn-2. The van der Waals surface area contributed by atoms with Crippen LogP contribution in [-0.2, 0) is 43.4 Å². The van der Waals surface area contributed by atoms with Crippen molar-refractivity contribution >= 4 is 59.0 Å². The van der Waals surface area contributed by atoms with Gasteiger partial charge in [0.25, 0.3) is 0 Å². The minimum atomic E-state index is -1.61. The Hall–Kier alpha value is -4.91. The number of esters is 1. The minimum Gasteiger partial charge on any atom is -0.545 e. The van der Waals surface area contributed by atoms with Gasteiger partial charge in [-0.15, -0.1) is 0 Å². The van der Waals surface area contributed by atoms with Crippen LogP contribution in [0.1, 0.15) is 105 Å². The van der Waals surface area contributed by atoms with Gasteiger partial charge in [0.15, 0.2) is 0 Å². The predicted octanol–water partition coefficient (Wildman–Crippen LogP) is 3.91. The van der Waals surface area contributed by atoms with Crippen molar-refractivity contribution < 1.29 is 63.2 Å². The number of aromatic nitrogens is 1. The van der Waals surface area contributed by atoms with Crippen LogP contribution in [0.2, 0.25) is 0 Å². The third kappa shape index (κ3) is 10.2. The molecule has 0 spiro atoms. The van der Waals surface area contributed by atoms with E-state index in [9.17, 15) is 39.0 Å². The Bertz CT molecular complexity index is 1870. The van der Waals surface area contributed by atoms with Crippen molar-refractivity contribution in [1.82, 2.24) is 10.3 Å². The van der Waals surface area contributed by atoms with Crippen molar-refractivity contribution in [3.8, 4) is 0 Å². The zero-order valence-corrected chi connectivity index (χ0v) is 34.4. The maximum atomic E-state index is 13.9. The summed E-state index contributed by atoms with van der Waals surface area (Å²) in [5, 5.41) is 26.4. The molecule has 1 saturated carbocycles. The first-order valence-corrected chi connectivity index (χ1v) is 17.2. The molecule has 2 unspecified atom stereocenters. The number of rotatable bonds is 11. The fourth-order valence-corrected chi connectivity index (χ4v) is 6.94. The summed E-state index contributed by atoms with van der Waals surface area (Å²) in [7, 11) is 0. The number of amidine groups is 1. The number of hydrogen-bond donors (Lipinski definition) is 3. The summed E-state index contributed by atoms with van der Waals surface area (Å²) in [6, 6.07) is 3.24. The average molecular weight is 781 g/mol. The van der Waals surface area contributed by atoms with Gasteiger partial charge < -0.3 is 40.3 Å². The van der Waals surface area contributed by atoms with Crippen LogP contribution < -0.4 is 25.6 Å². The Morgan fingerprint density at radius 2 is 1.60 bits per heavy atom. The Morgan fingerprint density at radius 1 is 0.981 bits per heavy atom. The number of ether oxygens (including phenoxy) is 1. The summed E-state index contributed by atoms with van der Waals surface area (Å²) >= 11 is 0. The van der Waals surface area contributed by atoms with E-state index in [1.807, 2.05) is 13.8 Å². The zero-order valence-electron chi connectivity index (χ0n) is 31.4. The normalized spacial score (nSPS) is 20.3. The van der Waals surface area contributed by atoms with Crippen LogP contribution in [0.25, 0.3) is 6.08 Å². The topological polar surface area (TPSA) is 209 Å². The van der Waals surface area contributed by atoms with Gasteiger partial charge in [0.05, 0.1) is 17.2 Å². The van der Waals surface area contributed by atoms with Crippen molar-refractivity contribution in [2.75, 3.05) is 16.8 Å². The number of allylic oxidation sites excluding steroid dienone is 1. The molecular weight excluding hydrogens is 736 g/mol. The molecule has 4 rings (SSSR count). The van der Waals surface area contributed by atoms with E-state index >= 15 is 0 Å². The molecule has 2 heterocycles. The van der Waals surface area contributed by atoms with Crippen molar-refractivity contribution in [1.29, 1.82) is 0 Å². The molecule has 280 valence electrons. The third-order valence-corrected chi connectivity index (χ3v) is 9.58. The molecule has 15 heteroatoms. The smallest absolute Gasteiger partial charge is 0.342 e. The number of aromatic carboxylic acids is 2. The van der Waals surface area contributed by atoms with Gasteiger partial charge in [-0.25, -0.2) is 14.6 Å². The van der Waals surface area contributed by atoms with E-state index < -0.39 is 35.3 Å². The van der Waals surface area contributed by atoms with Crippen molar-refractivity contribution in [3.05, 3.63) is 63.0 Å². The second kappa shape index (κ2) is 17.7. The van der Waals surface area contributed by atoms with Gasteiger partial charge in [-0.2, -0.15) is 0 Å². The zero-order chi connectivity index (χ0) is 38.6. The molecule has 1 aromatic heterocycles. The molecule has 14 nitrogen and oxygen atoms in total. The Balaban J connectivity index is 0.00000756. The monoisotopic (exact) mass is 779 g/mol. The van der Waals surface area contributed by atoms with Crippen molar-refractivity contribution in [2.45, 2.75) is 87.2 Å². The van der Waals surface area contributed by atoms with E-state index in [1.54, 1.807) is 13.0 Å². The molecule has 1 aromatic carbocycles. The summed E-state index contributed by atoms with van der Waals surface area (Å²) in [5.74, 6) is -3.73. The number of amides is 3. The summed E-state index contributed by atoms with van der Waals surface area (Å²) in [4.78, 5) is 84.9. The number of carboxylic acids is 2. The second-order valence-corrected chi connectivity index (χ2v) is 13.9. The fraction of sp³-hybridized carbons (Fsp3) is 0.447. The van der Waals surface area contributed by atoms with Crippen LogP contribution in [0.3, 0.4) is 0 Å². The Morgan fingerprint density at radius 3 is 2.17 bits per heavy atom. The molecule has 0 saturated heterocycles. The number of nitrogens with zero attached hydrogens (tertiary/aromatic N) is 3. The van der Waals surface area contributed by atoms with Crippen LogP contribution >= 0.6 is 0 Å². The van der Waals surface area contributed by atoms with Gasteiger partial charge in [-0.3, -0.25) is 14.4 Å². The molecule has 3 N–H and O–H groups in total. The number of carboxylic acid groups (broad SMARTS) is 2. The van der Waals surface area contributed by atoms with Crippen molar-refractivity contribution in [2.24, 2.45) is 22.7 Å². The molecule has 2 aromatic rings. The van der Waals surface area contributed by atoms with E-state index in [0.29, 0.717) is 28.7 Å². The fourth-order valence-electron chi connectivity index (χ4n) is 6.94. The van der Waals surface area contributed by atoms with Gasteiger partial charge in [0.2, 0.25) is 11.8 Å². The van der Waals surface area contributed by atoms with Gasteiger partial charge in [0.1, 0.15) is 23.4 Å². The van der Waals surface area contributed by atoms with Gasteiger partial charge >= 0.3 is 11.9 Å².